The molecule has 0 radical (unpaired) electrons. The maximum Gasteiger partial charge on any atom is 0.345 e. The first-order valence-electron chi connectivity index (χ1n) is 16.6. The van der Waals surface area contributed by atoms with Crippen LogP contribution in [0.4, 0.5) is 4.39 Å². The number of hydrogen-bond donors (Lipinski definition) is 1. The molecule has 2 aliphatic rings. The van der Waals surface area contributed by atoms with Gasteiger partial charge in [-0.1, -0.05) is 31.4 Å². The van der Waals surface area contributed by atoms with Crippen LogP contribution in [0.1, 0.15) is 60.2 Å². The second-order valence-corrected chi connectivity index (χ2v) is 13.5. The number of carboxylic acids is 1. The number of fused-ring (bicyclic) bond motifs is 2. The number of likely N-dealkylation sites (N-methyl/N-ethyl adjacent to an activating group) is 1. The topological polar surface area (TPSA) is 97.1 Å². The number of hydrogen-bond acceptors (Lipinski definition) is 7. The zero-order valence-electron chi connectivity index (χ0n) is 27.2. The number of ether oxygens (including phenoxy) is 2. The Balaban J connectivity index is 1.37. The number of morpholine rings is 1. The molecule has 2 aromatic carbocycles. The lowest BCUT2D eigenvalue weighted by atomic mass is 9.83. The van der Waals surface area contributed by atoms with Crippen molar-refractivity contribution >= 4 is 44.3 Å². The number of thiophene rings is 1. The van der Waals surface area contributed by atoms with Gasteiger partial charge in [0, 0.05) is 30.6 Å². The lowest BCUT2D eigenvalue weighted by molar-refractivity contribution is -0.156. The molecule has 1 saturated heterocycles. The van der Waals surface area contributed by atoms with Gasteiger partial charge in [-0.2, -0.15) is 0 Å². The summed E-state index contributed by atoms with van der Waals surface area (Å²) in [6, 6.07) is 16.1. The van der Waals surface area contributed by atoms with Gasteiger partial charge in [0.25, 0.3) is 5.91 Å². The van der Waals surface area contributed by atoms with Gasteiger partial charge < -0.3 is 19.1 Å². The smallest absolute Gasteiger partial charge is 0.345 e. The Morgan fingerprint density at radius 3 is 2.58 bits per heavy atom. The third kappa shape index (κ3) is 6.06. The molecule has 1 saturated carbocycles. The lowest BCUT2D eigenvalue weighted by Gasteiger charge is -2.36. The maximum atomic E-state index is 14.8. The number of nitrogens with zero attached hydrogens (tertiary/aromatic N) is 4. The van der Waals surface area contributed by atoms with Gasteiger partial charge in [-0.15, -0.1) is 11.3 Å². The number of halogens is 1. The molecule has 0 spiro atoms. The van der Waals surface area contributed by atoms with Crippen molar-refractivity contribution < 1.29 is 28.6 Å². The Bertz CT molecular complexity index is 1990. The normalized spacial score (nSPS) is 16.1. The second kappa shape index (κ2) is 13.7. The molecule has 0 unspecified atom stereocenters. The van der Waals surface area contributed by atoms with Crippen molar-refractivity contribution in [3.05, 3.63) is 70.9 Å². The van der Waals surface area contributed by atoms with Crippen molar-refractivity contribution in [3.8, 4) is 28.3 Å². The molecule has 7 rings (SSSR count). The van der Waals surface area contributed by atoms with Gasteiger partial charge in [-0.05, 0) is 79.3 Å². The molecular weight excluding hydrogens is 631 g/mol. The minimum Gasteiger partial charge on any atom is -0.497 e. The molecule has 5 aromatic rings. The van der Waals surface area contributed by atoms with E-state index >= 15 is 0 Å². The van der Waals surface area contributed by atoms with Crippen LogP contribution in [0.15, 0.2) is 54.6 Å². The van der Waals surface area contributed by atoms with Crippen molar-refractivity contribution in [2.45, 2.75) is 51.5 Å². The van der Waals surface area contributed by atoms with E-state index in [1.807, 2.05) is 35.8 Å². The van der Waals surface area contributed by atoms with Crippen LogP contribution < -0.4 is 4.74 Å². The van der Waals surface area contributed by atoms with E-state index in [-0.39, 0.29) is 29.1 Å². The first kappa shape index (κ1) is 32.2. The highest BCUT2D eigenvalue weighted by Gasteiger charge is 2.31. The van der Waals surface area contributed by atoms with E-state index < -0.39 is 5.97 Å². The molecule has 1 aliphatic carbocycles. The summed E-state index contributed by atoms with van der Waals surface area (Å²) in [6.45, 7) is 4.99. The fraction of sp³-hybridized carbons (Fsp3) is 0.378. The Hall–Kier alpha value is -4.32. The largest absolute Gasteiger partial charge is 0.497 e. The van der Waals surface area contributed by atoms with E-state index in [1.54, 1.807) is 30.3 Å². The van der Waals surface area contributed by atoms with E-state index in [0.29, 0.717) is 55.4 Å². The number of aromatic carboxylic acids is 1. The van der Waals surface area contributed by atoms with Gasteiger partial charge in [-0.25, -0.2) is 19.2 Å². The number of hydrazine groups is 1. The average molecular weight is 671 g/mol. The number of aromatic nitrogens is 2. The fourth-order valence-corrected chi connectivity index (χ4v) is 8.42. The van der Waals surface area contributed by atoms with E-state index in [1.165, 1.54) is 23.8 Å². The van der Waals surface area contributed by atoms with Crippen LogP contribution in [-0.4, -0.2) is 76.5 Å². The third-order valence-electron chi connectivity index (χ3n) is 9.62. The summed E-state index contributed by atoms with van der Waals surface area (Å²) in [5, 5.41) is 14.7. The SMILES string of the molecule is CCN(C(=O)Cn1c(-c2ccc3nc(-c4cc(OC)ccc4F)ccc3c2)c(C2CCCCC2)c2sc(C(=O)O)cc21)N1CCOCC1. The van der Waals surface area contributed by atoms with Gasteiger partial charge in [0.2, 0.25) is 0 Å². The number of carbonyl (C=O) groups is 2. The van der Waals surface area contributed by atoms with Crippen LogP contribution in [0.2, 0.25) is 0 Å². The predicted octanol–water partition coefficient (Wildman–Crippen LogP) is 7.57. The van der Waals surface area contributed by atoms with E-state index in [9.17, 15) is 19.1 Å². The summed E-state index contributed by atoms with van der Waals surface area (Å²) >= 11 is 1.30. The summed E-state index contributed by atoms with van der Waals surface area (Å²) in [7, 11) is 1.55. The number of methoxy groups -OCH3 is 1. The van der Waals surface area contributed by atoms with Crippen molar-refractivity contribution in [1.82, 2.24) is 19.6 Å². The third-order valence-corrected chi connectivity index (χ3v) is 10.8. The minimum absolute atomic E-state index is 0.0526. The maximum absolute atomic E-state index is 14.8. The summed E-state index contributed by atoms with van der Waals surface area (Å²) in [6.07, 6.45) is 5.43. The molecule has 11 heteroatoms. The number of benzene rings is 2. The summed E-state index contributed by atoms with van der Waals surface area (Å²) < 4.78 is 28.7. The summed E-state index contributed by atoms with van der Waals surface area (Å²) in [5.74, 6) is -0.591. The molecule has 2 fully saturated rings. The molecule has 250 valence electrons. The Morgan fingerprint density at radius 1 is 1.06 bits per heavy atom. The Labute approximate surface area is 282 Å². The van der Waals surface area contributed by atoms with Crippen LogP contribution in [0, 0.1) is 5.82 Å². The van der Waals surface area contributed by atoms with Crippen molar-refractivity contribution in [2.24, 2.45) is 0 Å². The van der Waals surface area contributed by atoms with E-state index in [0.717, 1.165) is 58.1 Å². The molecule has 3 aromatic heterocycles. The number of rotatable bonds is 9. The first-order valence-corrected chi connectivity index (χ1v) is 17.4. The molecular formula is C37H39FN4O5S. The van der Waals surface area contributed by atoms with Crippen molar-refractivity contribution in [2.75, 3.05) is 40.0 Å². The predicted molar refractivity (Wildman–Crippen MR) is 185 cm³/mol. The molecule has 0 atom stereocenters. The second-order valence-electron chi connectivity index (χ2n) is 12.4. The van der Waals surface area contributed by atoms with E-state index in [2.05, 4.69) is 11.1 Å². The minimum atomic E-state index is -0.964. The van der Waals surface area contributed by atoms with Crippen molar-refractivity contribution in [3.63, 3.8) is 0 Å². The highest BCUT2D eigenvalue weighted by molar-refractivity contribution is 7.21. The monoisotopic (exact) mass is 670 g/mol. The summed E-state index contributed by atoms with van der Waals surface area (Å²) in [4.78, 5) is 31.4. The zero-order valence-corrected chi connectivity index (χ0v) is 28.0. The van der Waals surface area contributed by atoms with Gasteiger partial charge in [0.15, 0.2) is 0 Å². The van der Waals surface area contributed by atoms with Crippen LogP contribution in [0.25, 0.3) is 43.6 Å². The fourth-order valence-electron chi connectivity index (χ4n) is 7.30. The van der Waals surface area contributed by atoms with Gasteiger partial charge in [-0.3, -0.25) is 9.80 Å². The summed E-state index contributed by atoms with van der Waals surface area (Å²) in [5.41, 5.74) is 5.39. The highest BCUT2D eigenvalue weighted by atomic mass is 32.1. The highest BCUT2D eigenvalue weighted by Crippen LogP contribution is 2.47. The van der Waals surface area contributed by atoms with Crippen LogP contribution in [-0.2, 0) is 16.1 Å². The average Bonchev–Trinajstić information content (AvgIpc) is 3.67. The molecule has 9 nitrogen and oxygen atoms in total. The number of amides is 1. The quantitative estimate of drug-likeness (QED) is 0.173. The van der Waals surface area contributed by atoms with Crippen LogP contribution >= 0.6 is 11.3 Å². The zero-order chi connectivity index (χ0) is 33.4. The lowest BCUT2D eigenvalue weighted by Crippen LogP contribution is -2.52. The number of carbonyl (C=O) groups excluding carboxylic acids is 1. The molecule has 1 aliphatic heterocycles. The van der Waals surface area contributed by atoms with E-state index in [4.69, 9.17) is 14.5 Å². The van der Waals surface area contributed by atoms with Crippen molar-refractivity contribution in [1.29, 1.82) is 0 Å². The molecule has 1 N–H and O–H groups in total. The Morgan fingerprint density at radius 2 is 1.85 bits per heavy atom. The van der Waals surface area contributed by atoms with Gasteiger partial charge >= 0.3 is 5.97 Å². The molecule has 1 amide bonds. The Kier molecular flexibility index (Phi) is 9.17. The van der Waals surface area contributed by atoms with Crippen LogP contribution in [0.5, 0.6) is 5.75 Å². The molecule has 4 heterocycles. The molecule has 0 bridgehead atoms. The first-order chi connectivity index (χ1) is 23.4. The number of pyridine rings is 1. The standard InChI is InChI=1S/C37H39FN4O5S/c1-3-42(40-15-17-47-18-16-40)33(43)22-41-31-21-32(37(44)45)48-36(31)34(23-7-5-4-6-8-23)35(41)25-10-13-29-24(19-25)9-14-30(39-29)27-20-26(46-2)11-12-28(27)38/h9-14,19-21,23H,3-8,15-18,22H2,1-2H3,(H,44,45). The van der Waals surface area contributed by atoms with Crippen LogP contribution in [0.3, 0.4) is 0 Å². The number of carboxylic acid groups (broad SMARTS) is 1. The van der Waals surface area contributed by atoms with Gasteiger partial charge in [0.05, 0.1) is 47.4 Å². The van der Waals surface area contributed by atoms with Gasteiger partial charge in [0.1, 0.15) is 23.0 Å². The molecule has 48 heavy (non-hydrogen) atoms.